The van der Waals surface area contributed by atoms with Crippen LogP contribution >= 0.6 is 11.6 Å². The Morgan fingerprint density at radius 2 is 1.72 bits per heavy atom. The lowest BCUT2D eigenvalue weighted by Gasteiger charge is -2.13. The van der Waals surface area contributed by atoms with Crippen LogP contribution in [0.3, 0.4) is 0 Å². The summed E-state index contributed by atoms with van der Waals surface area (Å²) in [5.41, 5.74) is 4.39. The number of rotatable bonds is 10. The zero-order valence-electron chi connectivity index (χ0n) is 20.9. The first-order valence-electron chi connectivity index (χ1n) is 11.7. The summed E-state index contributed by atoms with van der Waals surface area (Å²) in [7, 11) is 3.10. The number of imidazole rings is 1. The van der Waals surface area contributed by atoms with Crippen LogP contribution in [-0.4, -0.2) is 36.3 Å². The summed E-state index contributed by atoms with van der Waals surface area (Å²) >= 11 is 6.26. The molecule has 8 heteroatoms. The maximum Gasteiger partial charge on any atom is 0.251 e. The molecule has 0 atom stereocenters. The van der Waals surface area contributed by atoms with Crippen molar-refractivity contribution in [3.05, 3.63) is 82.1 Å². The number of carbonyl (C=O) groups is 1. The molecule has 36 heavy (non-hydrogen) atoms. The van der Waals surface area contributed by atoms with E-state index in [1.807, 2.05) is 50.2 Å². The highest BCUT2D eigenvalue weighted by Crippen LogP contribution is 2.28. The number of para-hydroxylation sites is 2. The van der Waals surface area contributed by atoms with E-state index in [1.165, 1.54) is 0 Å². The van der Waals surface area contributed by atoms with E-state index in [1.54, 1.807) is 32.4 Å². The van der Waals surface area contributed by atoms with Gasteiger partial charge in [0, 0.05) is 17.1 Å². The Bertz CT molecular complexity index is 1360. The van der Waals surface area contributed by atoms with Gasteiger partial charge in [-0.2, -0.15) is 0 Å². The SMILES string of the molecule is COc1ccc(C(=O)NCc2nc3ccccc3n2CCCOc2cc(C)c(Cl)c(C)c2)cc1OC. The third-order valence-corrected chi connectivity index (χ3v) is 6.59. The normalized spacial score (nSPS) is 10.9. The fraction of sp³-hybridized carbons (Fsp3) is 0.286. The molecule has 1 amide bonds. The first kappa shape index (κ1) is 25.4. The zero-order valence-corrected chi connectivity index (χ0v) is 21.7. The highest BCUT2D eigenvalue weighted by molar-refractivity contribution is 6.32. The number of methoxy groups -OCH3 is 2. The first-order chi connectivity index (χ1) is 17.4. The van der Waals surface area contributed by atoms with E-state index >= 15 is 0 Å². The van der Waals surface area contributed by atoms with Crippen LogP contribution < -0.4 is 19.5 Å². The minimum Gasteiger partial charge on any atom is -0.494 e. The van der Waals surface area contributed by atoms with E-state index < -0.39 is 0 Å². The van der Waals surface area contributed by atoms with Gasteiger partial charge in [0.25, 0.3) is 5.91 Å². The molecule has 1 aromatic heterocycles. The van der Waals surface area contributed by atoms with Crippen molar-refractivity contribution < 1.29 is 19.0 Å². The molecule has 0 fully saturated rings. The van der Waals surface area contributed by atoms with Gasteiger partial charge in [-0.15, -0.1) is 0 Å². The van der Waals surface area contributed by atoms with E-state index in [4.69, 9.17) is 30.8 Å². The van der Waals surface area contributed by atoms with Gasteiger partial charge >= 0.3 is 0 Å². The van der Waals surface area contributed by atoms with Crippen molar-refractivity contribution >= 4 is 28.5 Å². The molecule has 4 rings (SSSR count). The minimum atomic E-state index is -0.216. The maximum atomic E-state index is 12.8. The van der Waals surface area contributed by atoms with Crippen LogP contribution in [0.4, 0.5) is 0 Å². The van der Waals surface area contributed by atoms with Crippen LogP contribution in [0.1, 0.15) is 33.7 Å². The van der Waals surface area contributed by atoms with Crippen molar-refractivity contribution in [3.8, 4) is 17.2 Å². The molecule has 0 spiro atoms. The summed E-state index contributed by atoms with van der Waals surface area (Å²) in [4.78, 5) is 17.6. The molecule has 0 bridgehead atoms. The van der Waals surface area contributed by atoms with Crippen molar-refractivity contribution in [3.63, 3.8) is 0 Å². The Morgan fingerprint density at radius 3 is 2.44 bits per heavy atom. The van der Waals surface area contributed by atoms with Crippen LogP contribution in [0.15, 0.2) is 54.6 Å². The molecule has 0 saturated carbocycles. The maximum absolute atomic E-state index is 12.8. The van der Waals surface area contributed by atoms with E-state index in [0.29, 0.717) is 30.2 Å². The van der Waals surface area contributed by atoms with Gasteiger partial charge in [-0.3, -0.25) is 4.79 Å². The number of ether oxygens (including phenoxy) is 3. The fourth-order valence-electron chi connectivity index (χ4n) is 4.15. The second-order valence-electron chi connectivity index (χ2n) is 8.49. The number of amides is 1. The largest absolute Gasteiger partial charge is 0.494 e. The van der Waals surface area contributed by atoms with E-state index in [2.05, 4.69) is 9.88 Å². The average Bonchev–Trinajstić information content (AvgIpc) is 3.25. The van der Waals surface area contributed by atoms with Crippen LogP contribution in [0.25, 0.3) is 11.0 Å². The number of halogens is 1. The molecule has 7 nitrogen and oxygen atoms in total. The Morgan fingerprint density at radius 1 is 1.00 bits per heavy atom. The van der Waals surface area contributed by atoms with Crippen LogP contribution in [-0.2, 0) is 13.1 Å². The molecule has 188 valence electrons. The number of fused-ring (bicyclic) bond motifs is 1. The molecule has 0 unspecified atom stereocenters. The molecule has 0 radical (unpaired) electrons. The van der Waals surface area contributed by atoms with Gasteiger partial charge in [-0.05, 0) is 73.9 Å². The second-order valence-corrected chi connectivity index (χ2v) is 8.87. The zero-order chi connectivity index (χ0) is 25.7. The Kier molecular flexibility index (Phi) is 8.00. The average molecular weight is 508 g/mol. The summed E-state index contributed by atoms with van der Waals surface area (Å²) in [6.07, 6.45) is 0.775. The quantitative estimate of drug-likeness (QED) is 0.278. The number of nitrogens with zero attached hydrogens (tertiary/aromatic N) is 2. The number of aryl methyl sites for hydroxylation is 3. The molecule has 3 aromatic carbocycles. The summed E-state index contributed by atoms with van der Waals surface area (Å²) < 4.78 is 18.7. The number of benzene rings is 3. The summed E-state index contributed by atoms with van der Waals surface area (Å²) in [5.74, 6) is 2.45. The van der Waals surface area contributed by atoms with Gasteiger partial charge in [-0.25, -0.2) is 4.98 Å². The fourth-order valence-corrected chi connectivity index (χ4v) is 4.26. The van der Waals surface area contributed by atoms with Crippen molar-refractivity contribution in [1.82, 2.24) is 14.9 Å². The predicted octanol–water partition coefficient (Wildman–Crippen LogP) is 5.72. The number of carbonyl (C=O) groups excluding carboxylic acids is 1. The molecule has 0 aliphatic rings. The van der Waals surface area contributed by atoms with E-state index in [-0.39, 0.29) is 12.5 Å². The molecule has 1 heterocycles. The number of nitrogens with one attached hydrogen (secondary N) is 1. The highest BCUT2D eigenvalue weighted by atomic mass is 35.5. The van der Waals surface area contributed by atoms with Crippen molar-refractivity contribution in [2.24, 2.45) is 0 Å². The number of hydrogen-bond donors (Lipinski definition) is 1. The first-order valence-corrected chi connectivity index (χ1v) is 12.1. The Hall–Kier alpha value is -3.71. The number of hydrogen-bond acceptors (Lipinski definition) is 5. The number of aromatic nitrogens is 2. The second kappa shape index (κ2) is 11.4. The Balaban J connectivity index is 1.44. The van der Waals surface area contributed by atoms with Crippen molar-refractivity contribution in [2.45, 2.75) is 33.4 Å². The topological polar surface area (TPSA) is 74.6 Å². The lowest BCUT2D eigenvalue weighted by atomic mass is 10.1. The van der Waals surface area contributed by atoms with Gasteiger partial charge in [0.1, 0.15) is 11.6 Å². The third kappa shape index (κ3) is 5.57. The molecule has 0 saturated heterocycles. The molecule has 4 aromatic rings. The molecular formula is C28H30ClN3O4. The van der Waals surface area contributed by atoms with Gasteiger partial charge in [0.05, 0.1) is 38.4 Å². The highest BCUT2D eigenvalue weighted by Gasteiger charge is 2.14. The van der Waals surface area contributed by atoms with Crippen LogP contribution in [0, 0.1) is 13.8 Å². The van der Waals surface area contributed by atoms with Gasteiger partial charge in [-0.1, -0.05) is 23.7 Å². The van der Waals surface area contributed by atoms with Crippen LogP contribution in [0.5, 0.6) is 17.2 Å². The molecule has 0 aliphatic heterocycles. The standard InChI is InChI=1S/C28H30ClN3O4/c1-18-14-21(15-19(2)27(18)29)36-13-7-12-32-23-9-6-5-8-22(23)31-26(32)17-30-28(33)20-10-11-24(34-3)25(16-20)35-4/h5-6,8-11,14-16H,7,12-13,17H2,1-4H3,(H,30,33). The minimum absolute atomic E-state index is 0.216. The van der Waals surface area contributed by atoms with Gasteiger partial charge in [0.2, 0.25) is 0 Å². The molecule has 0 aliphatic carbocycles. The monoisotopic (exact) mass is 507 g/mol. The van der Waals surface area contributed by atoms with Crippen LogP contribution in [0.2, 0.25) is 5.02 Å². The summed E-state index contributed by atoms with van der Waals surface area (Å²) in [5, 5.41) is 3.75. The van der Waals surface area contributed by atoms with Gasteiger partial charge in [0.15, 0.2) is 11.5 Å². The lowest BCUT2D eigenvalue weighted by molar-refractivity contribution is 0.0949. The summed E-state index contributed by atoms with van der Waals surface area (Å²) in [6.45, 7) is 5.49. The third-order valence-electron chi connectivity index (χ3n) is 5.99. The lowest BCUT2D eigenvalue weighted by Crippen LogP contribution is -2.25. The van der Waals surface area contributed by atoms with Gasteiger partial charge < -0.3 is 24.1 Å². The predicted molar refractivity (Wildman–Crippen MR) is 141 cm³/mol. The summed E-state index contributed by atoms with van der Waals surface area (Å²) in [6, 6.07) is 16.9. The van der Waals surface area contributed by atoms with E-state index in [0.717, 1.165) is 45.2 Å². The Labute approximate surface area is 216 Å². The molecular weight excluding hydrogens is 478 g/mol. The van der Waals surface area contributed by atoms with Crippen molar-refractivity contribution in [1.29, 1.82) is 0 Å². The van der Waals surface area contributed by atoms with Crippen molar-refractivity contribution in [2.75, 3.05) is 20.8 Å². The molecule has 1 N–H and O–H groups in total. The van der Waals surface area contributed by atoms with E-state index in [9.17, 15) is 4.79 Å². The smallest absolute Gasteiger partial charge is 0.251 e.